The molecule has 1 aliphatic rings. The van der Waals surface area contributed by atoms with Crippen LogP contribution in [0.4, 0.5) is 5.69 Å². The predicted octanol–water partition coefficient (Wildman–Crippen LogP) is 0.576. The molecule has 0 spiro atoms. The summed E-state index contributed by atoms with van der Waals surface area (Å²) in [6.45, 7) is 8.33. The first-order valence-corrected chi connectivity index (χ1v) is 7.77. The highest BCUT2D eigenvalue weighted by Gasteiger charge is 2.25. The van der Waals surface area contributed by atoms with Crippen LogP contribution in [0, 0.1) is 13.8 Å². The van der Waals surface area contributed by atoms with Gasteiger partial charge in [0.2, 0.25) is 0 Å². The number of rotatable bonds is 4. The van der Waals surface area contributed by atoms with Gasteiger partial charge in [-0.15, -0.1) is 0 Å². The number of aryl methyl sites for hydroxylation is 2. The molecule has 1 aromatic rings. The minimum absolute atomic E-state index is 0.337. The van der Waals surface area contributed by atoms with Crippen molar-refractivity contribution in [2.75, 3.05) is 25.0 Å². The number of nitrogens with zero attached hydrogens (tertiary/aromatic N) is 3. The fourth-order valence-electron chi connectivity index (χ4n) is 2.96. The maximum atomic E-state index is 12.0. The molecule has 2 rings (SSSR count). The van der Waals surface area contributed by atoms with Gasteiger partial charge in [-0.3, -0.25) is 19.2 Å². The van der Waals surface area contributed by atoms with E-state index in [4.69, 9.17) is 0 Å². The van der Waals surface area contributed by atoms with Gasteiger partial charge in [-0.1, -0.05) is 6.92 Å². The molecule has 1 fully saturated rings. The summed E-state index contributed by atoms with van der Waals surface area (Å²) < 4.78 is 1.68. The Morgan fingerprint density at radius 2 is 2.05 bits per heavy atom. The third-order valence-electron chi connectivity index (χ3n) is 4.36. The third-order valence-corrected chi connectivity index (χ3v) is 4.36. The summed E-state index contributed by atoms with van der Waals surface area (Å²) >= 11 is 0. The van der Waals surface area contributed by atoms with Crippen molar-refractivity contribution in [2.45, 2.75) is 39.7 Å². The molecule has 1 atom stereocenters. The van der Waals surface area contributed by atoms with Crippen LogP contribution >= 0.6 is 0 Å². The third kappa shape index (κ3) is 3.47. The van der Waals surface area contributed by atoms with Gasteiger partial charge in [0.05, 0.1) is 17.1 Å². The van der Waals surface area contributed by atoms with Gasteiger partial charge in [-0.2, -0.15) is 5.10 Å². The summed E-state index contributed by atoms with van der Waals surface area (Å²) in [4.78, 5) is 26.3. The van der Waals surface area contributed by atoms with Crippen molar-refractivity contribution in [3.8, 4) is 0 Å². The fourth-order valence-corrected chi connectivity index (χ4v) is 2.96. The van der Waals surface area contributed by atoms with Crippen molar-refractivity contribution in [1.29, 1.82) is 0 Å². The number of likely N-dealkylation sites (N-methyl/N-ethyl adjacent to an activating group) is 1. The largest absolute Gasteiger partial charge is 0.346 e. The van der Waals surface area contributed by atoms with E-state index in [1.165, 1.54) is 0 Å². The van der Waals surface area contributed by atoms with Gasteiger partial charge < -0.3 is 10.6 Å². The first kappa shape index (κ1) is 16.5. The summed E-state index contributed by atoms with van der Waals surface area (Å²) in [5, 5.41) is 9.60. The minimum Gasteiger partial charge on any atom is -0.346 e. The molecule has 122 valence electrons. The van der Waals surface area contributed by atoms with E-state index in [2.05, 4.69) is 27.6 Å². The molecule has 2 amide bonds. The lowest BCUT2D eigenvalue weighted by Crippen LogP contribution is -2.43. The number of anilines is 1. The standard InChI is InChI=1S/C15H25N5O2/c1-5-20-8-6-7-12(20)9-16-14(21)15(22)17-13-10(2)18-19(4)11(13)3/h12H,5-9H2,1-4H3,(H,16,21)(H,17,22)/t12-/m1/s1. The molecule has 1 aromatic heterocycles. The van der Waals surface area contributed by atoms with Gasteiger partial charge in [0.1, 0.15) is 0 Å². The zero-order valence-corrected chi connectivity index (χ0v) is 13.8. The van der Waals surface area contributed by atoms with Crippen LogP contribution in [-0.4, -0.2) is 52.2 Å². The maximum absolute atomic E-state index is 12.0. The Morgan fingerprint density at radius 3 is 2.64 bits per heavy atom. The quantitative estimate of drug-likeness (QED) is 0.797. The van der Waals surface area contributed by atoms with Crippen LogP contribution in [0.3, 0.4) is 0 Å². The molecule has 1 aliphatic heterocycles. The second-order valence-corrected chi connectivity index (χ2v) is 5.76. The number of amides is 2. The molecule has 7 nitrogen and oxygen atoms in total. The predicted molar refractivity (Wildman–Crippen MR) is 84.6 cm³/mol. The SMILES string of the molecule is CCN1CCC[C@@H]1CNC(=O)C(=O)Nc1c(C)nn(C)c1C. The number of carbonyl (C=O) groups excluding carboxylic acids is 2. The summed E-state index contributed by atoms with van der Waals surface area (Å²) in [5.41, 5.74) is 2.14. The first-order valence-electron chi connectivity index (χ1n) is 7.77. The van der Waals surface area contributed by atoms with Crippen molar-refractivity contribution in [2.24, 2.45) is 7.05 Å². The molecule has 7 heteroatoms. The number of nitrogens with one attached hydrogen (secondary N) is 2. The zero-order valence-electron chi connectivity index (χ0n) is 13.8. The topological polar surface area (TPSA) is 79.3 Å². The summed E-state index contributed by atoms with van der Waals surface area (Å²) in [5.74, 6) is -1.23. The van der Waals surface area contributed by atoms with E-state index in [-0.39, 0.29) is 0 Å². The second kappa shape index (κ2) is 6.91. The van der Waals surface area contributed by atoms with Crippen LogP contribution in [0.25, 0.3) is 0 Å². The molecule has 2 heterocycles. The monoisotopic (exact) mass is 307 g/mol. The lowest BCUT2D eigenvalue weighted by Gasteiger charge is -2.22. The number of carbonyl (C=O) groups is 2. The van der Waals surface area contributed by atoms with Crippen LogP contribution in [0.1, 0.15) is 31.2 Å². The molecule has 0 bridgehead atoms. The second-order valence-electron chi connectivity index (χ2n) is 5.76. The molecule has 22 heavy (non-hydrogen) atoms. The number of hydrogen-bond donors (Lipinski definition) is 2. The Labute approximate surface area is 131 Å². The van der Waals surface area contributed by atoms with Crippen molar-refractivity contribution in [3.05, 3.63) is 11.4 Å². The molecule has 0 aromatic carbocycles. The van der Waals surface area contributed by atoms with Crippen molar-refractivity contribution < 1.29 is 9.59 Å². The molecule has 2 N–H and O–H groups in total. The minimum atomic E-state index is -0.639. The van der Waals surface area contributed by atoms with E-state index >= 15 is 0 Å². The molecular weight excluding hydrogens is 282 g/mol. The molecule has 0 unspecified atom stereocenters. The van der Waals surface area contributed by atoms with Gasteiger partial charge >= 0.3 is 11.8 Å². The zero-order chi connectivity index (χ0) is 16.3. The smallest absolute Gasteiger partial charge is 0.313 e. The average molecular weight is 307 g/mol. The summed E-state index contributed by atoms with van der Waals surface area (Å²) in [7, 11) is 1.80. The molecule has 0 saturated carbocycles. The van der Waals surface area contributed by atoms with E-state index < -0.39 is 11.8 Å². The molecule has 0 radical (unpaired) electrons. The summed E-state index contributed by atoms with van der Waals surface area (Å²) in [6, 6.07) is 0.337. The van der Waals surface area contributed by atoms with E-state index in [0.717, 1.165) is 31.6 Å². The lowest BCUT2D eigenvalue weighted by molar-refractivity contribution is -0.136. The van der Waals surface area contributed by atoms with Crippen LogP contribution in [0.2, 0.25) is 0 Å². The molecule has 1 saturated heterocycles. The normalized spacial score (nSPS) is 18.5. The van der Waals surface area contributed by atoms with E-state index in [9.17, 15) is 9.59 Å². The average Bonchev–Trinajstić information content (AvgIpc) is 3.04. The van der Waals surface area contributed by atoms with Crippen LogP contribution in [0.15, 0.2) is 0 Å². The molecular formula is C15H25N5O2. The Bertz CT molecular complexity index is 567. The van der Waals surface area contributed by atoms with Gasteiger partial charge in [-0.05, 0) is 39.8 Å². The van der Waals surface area contributed by atoms with Crippen LogP contribution < -0.4 is 10.6 Å². The van der Waals surface area contributed by atoms with Crippen LogP contribution in [-0.2, 0) is 16.6 Å². The van der Waals surface area contributed by atoms with Crippen molar-refractivity contribution in [3.63, 3.8) is 0 Å². The highest BCUT2D eigenvalue weighted by Crippen LogP contribution is 2.18. The van der Waals surface area contributed by atoms with Crippen molar-refractivity contribution in [1.82, 2.24) is 20.0 Å². The Kier molecular flexibility index (Phi) is 5.18. The van der Waals surface area contributed by atoms with Gasteiger partial charge in [0.25, 0.3) is 0 Å². The van der Waals surface area contributed by atoms with Crippen LogP contribution in [0.5, 0.6) is 0 Å². The highest BCUT2D eigenvalue weighted by molar-refractivity contribution is 6.39. The van der Waals surface area contributed by atoms with Crippen molar-refractivity contribution >= 4 is 17.5 Å². The Balaban J connectivity index is 1.88. The Morgan fingerprint density at radius 1 is 1.32 bits per heavy atom. The molecule has 0 aliphatic carbocycles. The van der Waals surface area contributed by atoms with Gasteiger partial charge in [0.15, 0.2) is 0 Å². The van der Waals surface area contributed by atoms with E-state index in [0.29, 0.717) is 24.0 Å². The number of likely N-dealkylation sites (tertiary alicyclic amines) is 1. The lowest BCUT2D eigenvalue weighted by atomic mass is 10.2. The fraction of sp³-hybridized carbons (Fsp3) is 0.667. The van der Waals surface area contributed by atoms with E-state index in [1.54, 1.807) is 18.7 Å². The van der Waals surface area contributed by atoms with E-state index in [1.807, 2.05) is 6.92 Å². The number of aromatic nitrogens is 2. The first-order chi connectivity index (χ1) is 10.4. The number of hydrogen-bond acceptors (Lipinski definition) is 4. The summed E-state index contributed by atoms with van der Waals surface area (Å²) in [6.07, 6.45) is 2.21. The maximum Gasteiger partial charge on any atom is 0.313 e. The van der Waals surface area contributed by atoms with Gasteiger partial charge in [-0.25, -0.2) is 0 Å². The van der Waals surface area contributed by atoms with Gasteiger partial charge in [0, 0.05) is 19.6 Å². The Hall–Kier alpha value is -1.89. The highest BCUT2D eigenvalue weighted by atomic mass is 16.2.